The number of amides is 1. The molecular weight excluding hydrogens is 504 g/mol. The Bertz CT molecular complexity index is 1150. The van der Waals surface area contributed by atoms with Crippen LogP contribution in [-0.2, 0) is 11.2 Å². The molecule has 0 heterocycles. The van der Waals surface area contributed by atoms with Gasteiger partial charge in [-0.3, -0.25) is 4.79 Å². The SMILES string of the molecule is COc1cc(C(=O)Oc2ccc(C=NNC(=O)Cc3ccc(Br)cc3)cc2)cc(OC)c1OC. The zero-order chi connectivity index (χ0) is 24.5. The molecule has 0 aliphatic carbocycles. The van der Waals surface area contributed by atoms with Crippen LogP contribution in [0.5, 0.6) is 23.0 Å². The number of carbonyl (C=O) groups excluding carboxylic acids is 2. The van der Waals surface area contributed by atoms with Gasteiger partial charge in [0, 0.05) is 4.47 Å². The molecule has 3 aromatic carbocycles. The zero-order valence-corrected chi connectivity index (χ0v) is 20.4. The number of hydrogen-bond acceptors (Lipinski definition) is 7. The molecule has 0 fully saturated rings. The smallest absolute Gasteiger partial charge is 0.343 e. The average molecular weight is 527 g/mol. The Hall–Kier alpha value is -3.85. The summed E-state index contributed by atoms with van der Waals surface area (Å²) in [6, 6.07) is 17.2. The van der Waals surface area contributed by atoms with E-state index in [2.05, 4.69) is 26.5 Å². The van der Waals surface area contributed by atoms with Gasteiger partial charge < -0.3 is 18.9 Å². The van der Waals surface area contributed by atoms with Crippen LogP contribution in [-0.4, -0.2) is 39.4 Å². The Labute approximate surface area is 205 Å². The highest BCUT2D eigenvalue weighted by Crippen LogP contribution is 2.38. The number of methoxy groups -OCH3 is 3. The third-order valence-electron chi connectivity index (χ3n) is 4.67. The van der Waals surface area contributed by atoms with Crippen LogP contribution >= 0.6 is 15.9 Å². The van der Waals surface area contributed by atoms with E-state index in [1.807, 2.05) is 24.3 Å². The van der Waals surface area contributed by atoms with Crippen LogP contribution < -0.4 is 24.4 Å². The van der Waals surface area contributed by atoms with Gasteiger partial charge >= 0.3 is 5.97 Å². The van der Waals surface area contributed by atoms with Crippen molar-refractivity contribution in [3.63, 3.8) is 0 Å². The summed E-state index contributed by atoms with van der Waals surface area (Å²) in [5, 5.41) is 3.97. The van der Waals surface area contributed by atoms with E-state index in [1.54, 1.807) is 24.3 Å². The second-order valence-electron chi connectivity index (χ2n) is 6.97. The Morgan fingerprint density at radius 1 is 0.912 bits per heavy atom. The highest BCUT2D eigenvalue weighted by Gasteiger charge is 2.18. The molecule has 0 aliphatic rings. The van der Waals surface area contributed by atoms with E-state index in [-0.39, 0.29) is 17.9 Å². The van der Waals surface area contributed by atoms with Gasteiger partial charge in [-0.15, -0.1) is 0 Å². The monoisotopic (exact) mass is 526 g/mol. The molecule has 1 amide bonds. The summed E-state index contributed by atoms with van der Waals surface area (Å²) < 4.78 is 22.2. The maximum atomic E-state index is 12.6. The van der Waals surface area contributed by atoms with Crippen molar-refractivity contribution < 1.29 is 28.5 Å². The van der Waals surface area contributed by atoms with Crippen molar-refractivity contribution in [1.82, 2.24) is 5.43 Å². The molecule has 9 heteroatoms. The minimum Gasteiger partial charge on any atom is -0.493 e. The van der Waals surface area contributed by atoms with E-state index in [4.69, 9.17) is 18.9 Å². The van der Waals surface area contributed by atoms with Gasteiger partial charge in [-0.2, -0.15) is 5.10 Å². The summed E-state index contributed by atoms with van der Waals surface area (Å²) in [5.74, 6) is 0.615. The number of nitrogens with one attached hydrogen (secondary N) is 1. The second-order valence-corrected chi connectivity index (χ2v) is 7.88. The second kappa shape index (κ2) is 11.9. The van der Waals surface area contributed by atoms with Crippen LogP contribution in [0.15, 0.2) is 70.2 Å². The minimum atomic E-state index is -0.583. The molecule has 34 heavy (non-hydrogen) atoms. The van der Waals surface area contributed by atoms with E-state index >= 15 is 0 Å². The first-order valence-electron chi connectivity index (χ1n) is 10.1. The van der Waals surface area contributed by atoms with Crippen molar-refractivity contribution >= 4 is 34.0 Å². The van der Waals surface area contributed by atoms with Crippen molar-refractivity contribution in [1.29, 1.82) is 0 Å². The molecule has 0 unspecified atom stereocenters. The summed E-state index contributed by atoms with van der Waals surface area (Å²) in [7, 11) is 4.42. The number of benzene rings is 3. The minimum absolute atomic E-state index is 0.223. The molecule has 0 radical (unpaired) electrons. The summed E-state index contributed by atoms with van der Waals surface area (Å²) in [5.41, 5.74) is 4.34. The molecular formula is C25H23BrN2O6. The van der Waals surface area contributed by atoms with Crippen molar-refractivity contribution in [3.8, 4) is 23.0 Å². The van der Waals surface area contributed by atoms with Gasteiger partial charge in [0.2, 0.25) is 11.7 Å². The van der Waals surface area contributed by atoms with E-state index < -0.39 is 5.97 Å². The highest BCUT2D eigenvalue weighted by atomic mass is 79.9. The first-order chi connectivity index (χ1) is 16.4. The van der Waals surface area contributed by atoms with Gasteiger partial charge in [-0.1, -0.05) is 28.1 Å². The van der Waals surface area contributed by atoms with E-state index in [9.17, 15) is 9.59 Å². The topological polar surface area (TPSA) is 95.5 Å². The third kappa shape index (κ3) is 6.58. The maximum Gasteiger partial charge on any atom is 0.343 e. The molecule has 3 aromatic rings. The molecule has 0 bridgehead atoms. The van der Waals surface area contributed by atoms with Crippen LogP contribution in [0.2, 0.25) is 0 Å². The first kappa shape index (κ1) is 24.8. The predicted molar refractivity (Wildman–Crippen MR) is 131 cm³/mol. The average Bonchev–Trinajstić information content (AvgIpc) is 2.85. The van der Waals surface area contributed by atoms with Gasteiger partial charge in [0.1, 0.15) is 5.75 Å². The van der Waals surface area contributed by atoms with Crippen LogP contribution in [0.1, 0.15) is 21.5 Å². The highest BCUT2D eigenvalue weighted by molar-refractivity contribution is 9.10. The zero-order valence-electron chi connectivity index (χ0n) is 18.8. The lowest BCUT2D eigenvalue weighted by Crippen LogP contribution is -2.19. The Morgan fingerprint density at radius 2 is 1.53 bits per heavy atom. The standard InChI is InChI=1S/C25H23BrN2O6/c1-31-21-13-18(14-22(32-2)24(21)33-3)25(30)34-20-10-6-17(7-11-20)15-27-28-23(29)12-16-4-8-19(26)9-5-16/h4-11,13-15H,12H2,1-3H3,(H,28,29). The molecule has 0 saturated heterocycles. The fraction of sp³-hybridized carbons (Fsp3) is 0.160. The Kier molecular flexibility index (Phi) is 8.64. The summed E-state index contributed by atoms with van der Waals surface area (Å²) in [4.78, 5) is 24.6. The largest absolute Gasteiger partial charge is 0.493 e. The number of esters is 1. The summed E-state index contributed by atoms with van der Waals surface area (Å²) in [6.45, 7) is 0. The van der Waals surface area contributed by atoms with Crippen molar-refractivity contribution in [3.05, 3.63) is 81.8 Å². The van der Waals surface area contributed by atoms with Gasteiger partial charge in [-0.05, 0) is 59.7 Å². The van der Waals surface area contributed by atoms with Gasteiger partial charge in [0.25, 0.3) is 0 Å². The van der Waals surface area contributed by atoms with Crippen LogP contribution in [0.3, 0.4) is 0 Å². The van der Waals surface area contributed by atoms with E-state index in [0.717, 1.165) is 15.6 Å². The predicted octanol–water partition coefficient (Wildman–Crippen LogP) is 4.39. The summed E-state index contributed by atoms with van der Waals surface area (Å²) >= 11 is 3.36. The molecule has 8 nitrogen and oxygen atoms in total. The van der Waals surface area contributed by atoms with Crippen molar-refractivity contribution in [2.24, 2.45) is 5.10 Å². The van der Waals surface area contributed by atoms with Crippen LogP contribution in [0, 0.1) is 0 Å². The number of carbonyl (C=O) groups is 2. The Morgan fingerprint density at radius 3 is 2.09 bits per heavy atom. The molecule has 0 saturated carbocycles. The number of nitrogens with zero attached hydrogens (tertiary/aromatic N) is 1. The maximum absolute atomic E-state index is 12.6. The van der Waals surface area contributed by atoms with Crippen LogP contribution in [0.4, 0.5) is 0 Å². The lowest BCUT2D eigenvalue weighted by molar-refractivity contribution is -0.120. The molecule has 176 valence electrons. The van der Waals surface area contributed by atoms with Gasteiger partial charge in [0.15, 0.2) is 11.5 Å². The number of ether oxygens (including phenoxy) is 4. The molecule has 0 aromatic heterocycles. The van der Waals surface area contributed by atoms with E-state index in [1.165, 1.54) is 39.7 Å². The number of hydrazone groups is 1. The van der Waals surface area contributed by atoms with Gasteiger partial charge in [0.05, 0.1) is 39.5 Å². The number of hydrogen-bond donors (Lipinski definition) is 1. The van der Waals surface area contributed by atoms with Gasteiger partial charge in [-0.25, -0.2) is 10.2 Å². The molecule has 1 N–H and O–H groups in total. The molecule has 0 aliphatic heterocycles. The summed E-state index contributed by atoms with van der Waals surface area (Å²) in [6.07, 6.45) is 1.73. The molecule has 3 rings (SSSR count). The number of rotatable bonds is 9. The lowest BCUT2D eigenvalue weighted by Gasteiger charge is -2.13. The Balaban J connectivity index is 1.58. The quantitative estimate of drug-likeness (QED) is 0.192. The first-order valence-corrected chi connectivity index (χ1v) is 10.9. The third-order valence-corrected chi connectivity index (χ3v) is 5.20. The van der Waals surface area contributed by atoms with Crippen LogP contribution in [0.25, 0.3) is 0 Å². The molecule has 0 spiro atoms. The van der Waals surface area contributed by atoms with E-state index in [0.29, 0.717) is 23.0 Å². The molecule has 0 atom stereocenters. The normalized spacial score (nSPS) is 10.6. The fourth-order valence-corrected chi connectivity index (χ4v) is 3.26. The fourth-order valence-electron chi connectivity index (χ4n) is 2.99. The number of halogens is 1. The van der Waals surface area contributed by atoms with Crippen molar-refractivity contribution in [2.75, 3.05) is 21.3 Å². The van der Waals surface area contributed by atoms with Crippen molar-refractivity contribution in [2.45, 2.75) is 6.42 Å². The lowest BCUT2D eigenvalue weighted by atomic mass is 10.1.